The monoisotopic (exact) mass is 509 g/mol. The summed E-state index contributed by atoms with van der Waals surface area (Å²) >= 11 is 1.33. The predicted octanol–water partition coefficient (Wildman–Crippen LogP) is 6.41. The van der Waals surface area contributed by atoms with Crippen molar-refractivity contribution in [3.63, 3.8) is 0 Å². The van der Waals surface area contributed by atoms with Gasteiger partial charge < -0.3 is 9.30 Å². The van der Waals surface area contributed by atoms with E-state index in [0.29, 0.717) is 27.9 Å². The lowest BCUT2D eigenvalue weighted by Gasteiger charge is -2.07. The van der Waals surface area contributed by atoms with Gasteiger partial charge in [-0.05, 0) is 61.5 Å². The summed E-state index contributed by atoms with van der Waals surface area (Å²) < 4.78 is 7.30. The Bertz CT molecular complexity index is 1550. The number of esters is 1. The van der Waals surface area contributed by atoms with Crippen LogP contribution in [0.3, 0.4) is 0 Å². The molecule has 1 fully saturated rings. The Balaban J connectivity index is 1.45. The first-order valence-corrected chi connectivity index (χ1v) is 12.9. The minimum absolute atomic E-state index is 0.110. The third-order valence-electron chi connectivity index (χ3n) is 6.17. The Labute approximate surface area is 220 Å². The summed E-state index contributed by atoms with van der Waals surface area (Å²) in [7, 11) is 1.71. The molecule has 5 rings (SSSR count). The molecule has 0 atom stereocenters. The van der Waals surface area contributed by atoms with Crippen LogP contribution in [0, 0.1) is 6.92 Å². The summed E-state index contributed by atoms with van der Waals surface area (Å²) in [5.74, 6) is -0.503. The summed E-state index contributed by atoms with van der Waals surface area (Å²) in [6.07, 6.45) is 4.04. The highest BCUT2D eigenvalue weighted by Crippen LogP contribution is 2.35. The second-order valence-corrected chi connectivity index (χ2v) is 9.86. The predicted molar refractivity (Wildman–Crippen MR) is 150 cm³/mol. The van der Waals surface area contributed by atoms with Gasteiger partial charge >= 0.3 is 5.97 Å². The zero-order valence-corrected chi connectivity index (χ0v) is 21.8. The number of fused-ring (bicyclic) bond motifs is 1. The lowest BCUT2D eigenvalue weighted by atomic mass is 10.1. The Hall–Kier alpha value is -4.10. The van der Waals surface area contributed by atoms with Crippen LogP contribution in [0.2, 0.25) is 0 Å². The molecule has 0 saturated carbocycles. The molecule has 0 unspecified atom stereocenters. The minimum atomic E-state index is -0.393. The van der Waals surface area contributed by atoms with E-state index in [4.69, 9.17) is 4.74 Å². The van der Waals surface area contributed by atoms with E-state index >= 15 is 0 Å². The van der Waals surface area contributed by atoms with E-state index in [-0.39, 0.29) is 5.91 Å². The van der Waals surface area contributed by atoms with Crippen molar-refractivity contribution in [1.29, 1.82) is 0 Å². The molecule has 0 bridgehead atoms. The highest BCUT2D eigenvalue weighted by Gasteiger charge is 2.30. The standard InChI is InChI=1S/C30H27N3O3S/c1-4-36-29(35)22-8-7-9-24(16-22)31-30-32(3)28(34)27(37-30)17-23-19-33(26-11-6-5-10-25(23)26)18-21-14-12-20(2)13-15-21/h5-17,19H,4,18H2,1-3H3. The maximum atomic E-state index is 13.1. The van der Waals surface area contributed by atoms with Gasteiger partial charge in [0.15, 0.2) is 5.17 Å². The molecule has 0 radical (unpaired) electrons. The zero-order chi connectivity index (χ0) is 25.9. The molecule has 6 nitrogen and oxygen atoms in total. The number of thioether (sulfide) groups is 1. The highest BCUT2D eigenvalue weighted by molar-refractivity contribution is 8.18. The molecule has 1 aliphatic rings. The molecule has 186 valence electrons. The Morgan fingerprint density at radius 2 is 1.84 bits per heavy atom. The van der Waals surface area contributed by atoms with Gasteiger partial charge in [-0.25, -0.2) is 9.79 Å². The highest BCUT2D eigenvalue weighted by atomic mass is 32.2. The largest absolute Gasteiger partial charge is 0.462 e. The fourth-order valence-electron chi connectivity index (χ4n) is 4.23. The number of hydrogen-bond acceptors (Lipinski definition) is 5. The molecule has 0 aliphatic carbocycles. The average Bonchev–Trinajstić information content (AvgIpc) is 3.38. The van der Waals surface area contributed by atoms with Crippen LogP contribution in [0.5, 0.6) is 0 Å². The van der Waals surface area contributed by atoms with Gasteiger partial charge in [-0.15, -0.1) is 0 Å². The maximum absolute atomic E-state index is 13.1. The van der Waals surface area contributed by atoms with Gasteiger partial charge in [0.05, 0.1) is 22.8 Å². The Morgan fingerprint density at radius 1 is 1.05 bits per heavy atom. The van der Waals surface area contributed by atoms with Gasteiger partial charge in [-0.3, -0.25) is 9.69 Å². The molecule has 3 aromatic carbocycles. The third-order valence-corrected chi connectivity index (χ3v) is 7.23. The second kappa shape index (κ2) is 10.5. The summed E-state index contributed by atoms with van der Waals surface area (Å²) in [5, 5.41) is 1.64. The number of carbonyl (C=O) groups excluding carboxylic acids is 2. The van der Waals surface area contributed by atoms with Crippen molar-refractivity contribution in [2.24, 2.45) is 4.99 Å². The number of aryl methyl sites for hydroxylation is 1. The lowest BCUT2D eigenvalue weighted by molar-refractivity contribution is -0.121. The van der Waals surface area contributed by atoms with E-state index in [1.54, 1.807) is 43.1 Å². The van der Waals surface area contributed by atoms with Crippen molar-refractivity contribution in [3.05, 3.63) is 106 Å². The number of aliphatic imine (C=N–C) groups is 1. The SMILES string of the molecule is CCOC(=O)c1cccc(N=C2SC(=Cc3cn(Cc4ccc(C)cc4)c4ccccc34)C(=O)N2C)c1. The van der Waals surface area contributed by atoms with Crippen LogP contribution in [0.1, 0.15) is 34.0 Å². The summed E-state index contributed by atoms with van der Waals surface area (Å²) in [4.78, 5) is 32.0. The average molecular weight is 510 g/mol. The Morgan fingerprint density at radius 3 is 2.62 bits per heavy atom. The molecule has 0 N–H and O–H groups in total. The van der Waals surface area contributed by atoms with Gasteiger partial charge in [-0.2, -0.15) is 0 Å². The number of likely N-dealkylation sites (N-methyl/N-ethyl adjacent to an activating group) is 1. The van der Waals surface area contributed by atoms with E-state index in [2.05, 4.69) is 59.1 Å². The number of para-hydroxylation sites is 1. The molecule has 1 aliphatic heterocycles. The molecule has 4 aromatic rings. The van der Waals surface area contributed by atoms with E-state index in [1.807, 2.05) is 18.2 Å². The lowest BCUT2D eigenvalue weighted by Crippen LogP contribution is -2.23. The van der Waals surface area contributed by atoms with Crippen LogP contribution in [0.4, 0.5) is 5.69 Å². The van der Waals surface area contributed by atoms with Crippen LogP contribution in [-0.4, -0.2) is 40.2 Å². The number of benzene rings is 3. The number of carbonyl (C=O) groups is 2. The molecule has 2 heterocycles. The first kappa shape index (κ1) is 24.6. The molecule has 37 heavy (non-hydrogen) atoms. The summed E-state index contributed by atoms with van der Waals surface area (Å²) in [5.41, 5.74) is 5.57. The second-order valence-electron chi connectivity index (χ2n) is 8.86. The molecule has 1 amide bonds. The fourth-order valence-corrected chi connectivity index (χ4v) is 5.21. The fraction of sp³-hybridized carbons (Fsp3) is 0.167. The van der Waals surface area contributed by atoms with Crippen LogP contribution in [0.25, 0.3) is 17.0 Å². The minimum Gasteiger partial charge on any atom is -0.462 e. The smallest absolute Gasteiger partial charge is 0.338 e. The van der Waals surface area contributed by atoms with Gasteiger partial charge in [0.2, 0.25) is 0 Å². The number of nitrogens with zero attached hydrogens (tertiary/aromatic N) is 3. The van der Waals surface area contributed by atoms with Gasteiger partial charge in [0.1, 0.15) is 0 Å². The van der Waals surface area contributed by atoms with Crippen LogP contribution in [-0.2, 0) is 16.1 Å². The van der Waals surface area contributed by atoms with E-state index in [0.717, 1.165) is 23.0 Å². The van der Waals surface area contributed by atoms with Gasteiger partial charge in [-0.1, -0.05) is 54.1 Å². The van der Waals surface area contributed by atoms with E-state index < -0.39 is 5.97 Å². The van der Waals surface area contributed by atoms with Gasteiger partial charge in [0, 0.05) is 36.3 Å². The molecule has 1 aromatic heterocycles. The first-order valence-electron chi connectivity index (χ1n) is 12.1. The van der Waals surface area contributed by atoms with Crippen LogP contribution >= 0.6 is 11.8 Å². The first-order chi connectivity index (χ1) is 17.9. The van der Waals surface area contributed by atoms with Crippen molar-refractivity contribution >= 4 is 51.5 Å². The molecule has 0 spiro atoms. The number of amides is 1. The Kier molecular flexibility index (Phi) is 6.97. The van der Waals surface area contributed by atoms with E-state index in [9.17, 15) is 9.59 Å². The quantitative estimate of drug-likeness (QED) is 0.223. The number of aromatic nitrogens is 1. The van der Waals surface area contributed by atoms with E-state index in [1.165, 1.54) is 22.9 Å². The van der Waals surface area contributed by atoms with Crippen molar-refractivity contribution in [2.75, 3.05) is 13.7 Å². The molecular formula is C30H27N3O3S. The van der Waals surface area contributed by atoms with Crippen molar-refractivity contribution < 1.29 is 14.3 Å². The number of amidine groups is 1. The van der Waals surface area contributed by atoms with Crippen LogP contribution in [0.15, 0.2) is 88.9 Å². The van der Waals surface area contributed by atoms with Crippen molar-refractivity contribution in [1.82, 2.24) is 9.47 Å². The topological polar surface area (TPSA) is 63.9 Å². The summed E-state index contributed by atoms with van der Waals surface area (Å²) in [6, 6.07) is 23.7. The maximum Gasteiger partial charge on any atom is 0.338 e. The molecular weight excluding hydrogens is 482 g/mol. The number of rotatable bonds is 6. The summed E-state index contributed by atoms with van der Waals surface area (Å²) in [6.45, 7) is 4.90. The molecule has 1 saturated heterocycles. The van der Waals surface area contributed by atoms with Crippen molar-refractivity contribution in [2.45, 2.75) is 20.4 Å². The normalized spacial score (nSPS) is 15.8. The third kappa shape index (κ3) is 5.22. The van der Waals surface area contributed by atoms with Crippen LogP contribution < -0.4 is 0 Å². The zero-order valence-electron chi connectivity index (χ0n) is 21.0. The molecule has 7 heteroatoms. The van der Waals surface area contributed by atoms with Gasteiger partial charge in [0.25, 0.3) is 5.91 Å². The van der Waals surface area contributed by atoms with Crippen molar-refractivity contribution in [3.8, 4) is 0 Å². The number of hydrogen-bond donors (Lipinski definition) is 0. The number of ether oxygens (including phenoxy) is 1.